The first-order chi connectivity index (χ1) is 12.6. The number of benzene rings is 1. The smallest absolute Gasteiger partial charge is 0.334 e. The second-order valence-corrected chi connectivity index (χ2v) is 6.28. The number of piperidine rings is 1. The first-order valence-corrected chi connectivity index (χ1v) is 8.49. The first kappa shape index (κ1) is 17.9. The molecule has 0 saturated carbocycles. The summed E-state index contributed by atoms with van der Waals surface area (Å²) < 4.78 is 9.73. The lowest BCUT2D eigenvalue weighted by atomic mass is 9.78. The normalized spacial score (nSPS) is 19.4. The molecule has 1 heterocycles. The lowest BCUT2D eigenvalue weighted by Gasteiger charge is -2.37. The molecule has 1 atom stereocenters. The third-order valence-corrected chi connectivity index (χ3v) is 4.91. The average molecular weight is 355 g/mol. The summed E-state index contributed by atoms with van der Waals surface area (Å²) in [6.07, 6.45) is 2.97. The summed E-state index contributed by atoms with van der Waals surface area (Å²) in [6.45, 7) is 0.919. The van der Waals surface area contributed by atoms with E-state index in [2.05, 4.69) is 0 Å². The van der Waals surface area contributed by atoms with E-state index in [1.54, 1.807) is 17.0 Å². The summed E-state index contributed by atoms with van der Waals surface area (Å²) in [6, 6.07) is 9.03. The number of hydrogen-bond acceptors (Lipinski definition) is 5. The topological polar surface area (TPSA) is 72.9 Å². The van der Waals surface area contributed by atoms with Gasteiger partial charge in [-0.05, 0) is 25.0 Å². The van der Waals surface area contributed by atoms with Gasteiger partial charge in [-0.25, -0.2) is 9.59 Å². The van der Waals surface area contributed by atoms with E-state index >= 15 is 0 Å². The highest BCUT2D eigenvalue weighted by Gasteiger charge is 2.38. The Morgan fingerprint density at radius 3 is 2.38 bits per heavy atom. The van der Waals surface area contributed by atoms with Gasteiger partial charge in [-0.1, -0.05) is 29.8 Å². The maximum absolute atomic E-state index is 12.8. The van der Waals surface area contributed by atoms with Gasteiger partial charge in [0.25, 0.3) is 5.91 Å². The molecule has 1 aliphatic carbocycles. The molecule has 1 saturated heterocycles. The molecule has 1 amide bonds. The molecule has 136 valence electrons. The molecule has 1 fully saturated rings. The minimum absolute atomic E-state index is 0.0842. The van der Waals surface area contributed by atoms with Gasteiger partial charge < -0.3 is 14.4 Å². The number of methoxy groups -OCH3 is 2. The minimum atomic E-state index is -0.546. The molecule has 0 aromatic heterocycles. The van der Waals surface area contributed by atoms with Gasteiger partial charge in [-0.3, -0.25) is 4.79 Å². The molecule has 2 aliphatic rings. The number of likely N-dealkylation sites (tertiary alicyclic amines) is 1. The molecule has 26 heavy (non-hydrogen) atoms. The predicted molar refractivity (Wildman–Crippen MR) is 94.2 cm³/mol. The van der Waals surface area contributed by atoms with Gasteiger partial charge in [0, 0.05) is 24.6 Å². The quantitative estimate of drug-likeness (QED) is 0.613. The van der Waals surface area contributed by atoms with Crippen molar-refractivity contribution in [3.05, 3.63) is 58.7 Å². The highest BCUT2D eigenvalue weighted by molar-refractivity contribution is 6.02. The van der Waals surface area contributed by atoms with Crippen molar-refractivity contribution >= 4 is 17.8 Å². The van der Waals surface area contributed by atoms with Crippen LogP contribution < -0.4 is 0 Å². The van der Waals surface area contributed by atoms with Gasteiger partial charge >= 0.3 is 11.9 Å². The fourth-order valence-corrected chi connectivity index (χ4v) is 3.58. The third-order valence-electron chi connectivity index (χ3n) is 4.91. The average Bonchev–Trinajstić information content (AvgIpc) is 2.71. The van der Waals surface area contributed by atoms with Gasteiger partial charge in [-0.2, -0.15) is 0 Å². The van der Waals surface area contributed by atoms with Crippen molar-refractivity contribution in [3.63, 3.8) is 0 Å². The maximum atomic E-state index is 12.8. The Morgan fingerprint density at radius 1 is 1.04 bits per heavy atom. The molecule has 6 nitrogen and oxygen atoms in total. The van der Waals surface area contributed by atoms with Crippen molar-refractivity contribution in [2.75, 3.05) is 27.3 Å². The van der Waals surface area contributed by atoms with Crippen molar-refractivity contribution < 1.29 is 23.9 Å². The molecular formula is C20H21NO5. The van der Waals surface area contributed by atoms with Crippen LogP contribution in [0.15, 0.2) is 53.1 Å². The van der Waals surface area contributed by atoms with Gasteiger partial charge in [0.2, 0.25) is 0 Å². The van der Waals surface area contributed by atoms with Crippen molar-refractivity contribution in [1.29, 1.82) is 0 Å². The molecule has 1 aromatic carbocycles. The molecule has 1 unspecified atom stereocenters. The van der Waals surface area contributed by atoms with Crippen molar-refractivity contribution in [3.8, 4) is 0 Å². The molecule has 0 spiro atoms. The lowest BCUT2D eigenvalue weighted by Crippen LogP contribution is -2.43. The van der Waals surface area contributed by atoms with Crippen LogP contribution in [0.2, 0.25) is 0 Å². The second-order valence-electron chi connectivity index (χ2n) is 6.28. The van der Waals surface area contributed by atoms with Crippen LogP contribution in [0, 0.1) is 5.92 Å². The summed E-state index contributed by atoms with van der Waals surface area (Å²) in [7, 11) is 2.58. The van der Waals surface area contributed by atoms with Crippen LogP contribution >= 0.6 is 0 Å². The number of nitrogens with zero attached hydrogens (tertiary/aromatic N) is 1. The van der Waals surface area contributed by atoms with E-state index in [0.717, 1.165) is 5.57 Å². The van der Waals surface area contributed by atoms with Crippen molar-refractivity contribution in [2.45, 2.75) is 12.8 Å². The zero-order chi connectivity index (χ0) is 18.7. The van der Waals surface area contributed by atoms with Crippen molar-refractivity contribution in [1.82, 2.24) is 4.90 Å². The first-order valence-electron chi connectivity index (χ1n) is 8.49. The Labute approximate surface area is 152 Å². The predicted octanol–water partition coefficient (Wildman–Crippen LogP) is 2.12. The van der Waals surface area contributed by atoms with Crippen LogP contribution in [-0.4, -0.2) is 50.1 Å². The maximum Gasteiger partial charge on any atom is 0.334 e. The largest absolute Gasteiger partial charge is 0.466 e. The number of hydrogen-bond donors (Lipinski definition) is 0. The molecule has 3 rings (SSSR count). The number of allylic oxidation sites excluding steroid dienone is 1. The van der Waals surface area contributed by atoms with Crippen LogP contribution in [0.1, 0.15) is 23.2 Å². The summed E-state index contributed by atoms with van der Waals surface area (Å²) in [5, 5.41) is 0. The number of carbonyl (C=O) groups excluding carboxylic acids is 3. The third kappa shape index (κ3) is 3.27. The van der Waals surface area contributed by atoms with Crippen LogP contribution in [-0.2, 0) is 19.1 Å². The second kappa shape index (κ2) is 7.56. The van der Waals surface area contributed by atoms with Crippen LogP contribution in [0.3, 0.4) is 0 Å². The van der Waals surface area contributed by atoms with Crippen molar-refractivity contribution in [2.24, 2.45) is 5.92 Å². The lowest BCUT2D eigenvalue weighted by molar-refractivity contribution is -0.140. The summed E-state index contributed by atoms with van der Waals surface area (Å²) >= 11 is 0. The number of amides is 1. The SMILES string of the molecule is COC(=O)C1=C(C(=O)OC)C2CN(C(=O)c3ccccc3)CCC2=CC1. The van der Waals surface area contributed by atoms with Crippen LogP contribution in [0.25, 0.3) is 0 Å². The highest BCUT2D eigenvalue weighted by Crippen LogP contribution is 2.37. The molecule has 0 bridgehead atoms. The summed E-state index contributed by atoms with van der Waals surface area (Å²) in [5.41, 5.74) is 2.28. The Bertz CT molecular complexity index is 794. The highest BCUT2D eigenvalue weighted by atomic mass is 16.5. The van der Waals surface area contributed by atoms with E-state index in [1.165, 1.54) is 14.2 Å². The molecule has 0 N–H and O–H groups in total. The monoisotopic (exact) mass is 355 g/mol. The van der Waals surface area contributed by atoms with E-state index in [9.17, 15) is 14.4 Å². The van der Waals surface area contributed by atoms with E-state index in [-0.39, 0.29) is 11.8 Å². The Hall–Kier alpha value is -2.89. The fraction of sp³-hybridized carbons (Fsp3) is 0.350. The number of esters is 2. The number of carbonyl (C=O) groups is 3. The fourth-order valence-electron chi connectivity index (χ4n) is 3.58. The van der Waals surface area contributed by atoms with E-state index in [0.29, 0.717) is 42.6 Å². The Kier molecular flexibility index (Phi) is 5.21. The molecule has 6 heteroatoms. The molecular weight excluding hydrogens is 334 g/mol. The minimum Gasteiger partial charge on any atom is -0.466 e. The summed E-state index contributed by atoms with van der Waals surface area (Å²) in [5.74, 6) is -1.51. The van der Waals surface area contributed by atoms with E-state index in [1.807, 2.05) is 24.3 Å². The Balaban J connectivity index is 1.92. The van der Waals surface area contributed by atoms with Crippen LogP contribution in [0.5, 0.6) is 0 Å². The number of ether oxygens (including phenoxy) is 2. The van der Waals surface area contributed by atoms with Gasteiger partial charge in [0.1, 0.15) is 0 Å². The van der Waals surface area contributed by atoms with Crippen LogP contribution in [0.4, 0.5) is 0 Å². The number of fused-ring (bicyclic) bond motifs is 1. The van der Waals surface area contributed by atoms with Gasteiger partial charge in [0.05, 0.1) is 25.4 Å². The molecule has 0 radical (unpaired) electrons. The Morgan fingerprint density at radius 2 is 1.73 bits per heavy atom. The number of rotatable bonds is 3. The van der Waals surface area contributed by atoms with E-state index in [4.69, 9.17) is 9.47 Å². The zero-order valence-corrected chi connectivity index (χ0v) is 14.9. The van der Waals surface area contributed by atoms with Gasteiger partial charge in [-0.15, -0.1) is 0 Å². The molecule has 1 aliphatic heterocycles. The zero-order valence-electron chi connectivity index (χ0n) is 14.9. The van der Waals surface area contributed by atoms with Gasteiger partial charge in [0.15, 0.2) is 0 Å². The standard InChI is InChI=1S/C20H21NO5/c1-25-19(23)15-9-8-13-10-11-21(12-16(13)17(15)20(24)26-2)18(22)14-6-4-3-5-7-14/h3-8,16H,9-12H2,1-2H3. The molecule has 1 aromatic rings. The van der Waals surface area contributed by atoms with E-state index < -0.39 is 11.9 Å². The summed E-state index contributed by atoms with van der Waals surface area (Å²) in [4.78, 5) is 39.0.